The topological polar surface area (TPSA) is 70.6 Å². The first-order valence-corrected chi connectivity index (χ1v) is 11.4. The van der Waals surface area contributed by atoms with Crippen molar-refractivity contribution in [3.8, 4) is 0 Å². The lowest BCUT2D eigenvalue weighted by Gasteiger charge is -2.13. The second-order valence-electron chi connectivity index (χ2n) is 6.09. The normalized spacial score (nSPS) is 13.4. The zero-order chi connectivity index (χ0) is 18.8. The van der Waals surface area contributed by atoms with Gasteiger partial charge in [-0.05, 0) is 47.9 Å². The molecule has 1 aromatic heterocycles. The standard InChI is InChI=1S/C19H27N3O2S2/c1-3-20-19(22-14-16(2)17-10-12-25-15-17)21-11-7-13-26(23,24)18-8-5-4-6-9-18/h4-6,8-10,12,15-16H,3,7,11,13-14H2,1-2H3,(H2,20,21,22). The van der Waals surface area contributed by atoms with Crippen LogP contribution in [-0.4, -0.2) is 39.8 Å². The van der Waals surface area contributed by atoms with E-state index in [2.05, 4.69) is 39.4 Å². The molecule has 1 aromatic carbocycles. The van der Waals surface area contributed by atoms with Gasteiger partial charge in [-0.15, -0.1) is 0 Å². The average molecular weight is 394 g/mol. The van der Waals surface area contributed by atoms with E-state index in [1.165, 1.54) is 5.56 Å². The molecule has 1 unspecified atom stereocenters. The maximum Gasteiger partial charge on any atom is 0.191 e. The molecule has 0 amide bonds. The second kappa shape index (κ2) is 10.3. The number of nitrogens with one attached hydrogen (secondary N) is 2. The van der Waals surface area contributed by atoms with Gasteiger partial charge in [0.2, 0.25) is 0 Å². The van der Waals surface area contributed by atoms with Gasteiger partial charge in [0.15, 0.2) is 15.8 Å². The number of thiophene rings is 1. The van der Waals surface area contributed by atoms with Gasteiger partial charge >= 0.3 is 0 Å². The Bertz CT molecular complexity index is 772. The van der Waals surface area contributed by atoms with Crippen LogP contribution in [0.5, 0.6) is 0 Å². The lowest BCUT2D eigenvalue weighted by atomic mass is 10.1. The van der Waals surface area contributed by atoms with Crippen molar-refractivity contribution in [1.82, 2.24) is 10.6 Å². The molecule has 2 N–H and O–H groups in total. The van der Waals surface area contributed by atoms with E-state index < -0.39 is 9.84 Å². The summed E-state index contributed by atoms with van der Waals surface area (Å²) in [4.78, 5) is 4.99. The van der Waals surface area contributed by atoms with Crippen LogP contribution in [0.1, 0.15) is 31.7 Å². The van der Waals surface area contributed by atoms with Gasteiger partial charge in [-0.3, -0.25) is 4.99 Å². The number of benzene rings is 1. The lowest BCUT2D eigenvalue weighted by molar-refractivity contribution is 0.592. The minimum absolute atomic E-state index is 0.120. The minimum atomic E-state index is -3.22. The van der Waals surface area contributed by atoms with Crippen LogP contribution in [0.15, 0.2) is 57.0 Å². The van der Waals surface area contributed by atoms with Gasteiger partial charge in [-0.2, -0.15) is 11.3 Å². The molecular formula is C19H27N3O2S2. The fourth-order valence-corrected chi connectivity index (χ4v) is 4.56. The lowest BCUT2D eigenvalue weighted by Crippen LogP contribution is -2.38. The Balaban J connectivity index is 1.82. The predicted octanol–water partition coefficient (Wildman–Crippen LogP) is 3.27. The SMILES string of the molecule is CCNC(=NCC(C)c1ccsc1)NCCCS(=O)(=O)c1ccccc1. The zero-order valence-electron chi connectivity index (χ0n) is 15.3. The Morgan fingerprint density at radius 3 is 2.62 bits per heavy atom. The molecule has 0 aliphatic heterocycles. The van der Waals surface area contributed by atoms with E-state index >= 15 is 0 Å². The molecular weight excluding hydrogens is 366 g/mol. The van der Waals surface area contributed by atoms with Crippen molar-refractivity contribution in [2.45, 2.75) is 31.1 Å². The maximum absolute atomic E-state index is 12.3. The molecule has 142 valence electrons. The van der Waals surface area contributed by atoms with Crippen LogP contribution in [0, 0.1) is 0 Å². The molecule has 5 nitrogen and oxygen atoms in total. The van der Waals surface area contributed by atoms with E-state index in [1.807, 2.05) is 13.0 Å². The Kier molecular flexibility index (Phi) is 8.12. The van der Waals surface area contributed by atoms with Crippen LogP contribution in [0.4, 0.5) is 0 Å². The third-order valence-corrected chi connectivity index (χ3v) is 6.48. The third kappa shape index (κ3) is 6.46. The van der Waals surface area contributed by atoms with E-state index in [-0.39, 0.29) is 5.75 Å². The molecule has 0 saturated heterocycles. The van der Waals surface area contributed by atoms with Crippen LogP contribution >= 0.6 is 11.3 Å². The van der Waals surface area contributed by atoms with Gasteiger partial charge in [-0.1, -0.05) is 25.1 Å². The number of rotatable bonds is 9. The van der Waals surface area contributed by atoms with E-state index in [1.54, 1.807) is 35.6 Å². The number of hydrogen-bond donors (Lipinski definition) is 2. The van der Waals surface area contributed by atoms with E-state index in [0.717, 1.165) is 12.5 Å². The fraction of sp³-hybridized carbons (Fsp3) is 0.421. The highest BCUT2D eigenvalue weighted by molar-refractivity contribution is 7.91. The van der Waals surface area contributed by atoms with Crippen molar-refractivity contribution in [2.24, 2.45) is 4.99 Å². The van der Waals surface area contributed by atoms with Crippen molar-refractivity contribution < 1.29 is 8.42 Å². The summed E-state index contributed by atoms with van der Waals surface area (Å²) in [6.45, 7) is 6.18. The van der Waals surface area contributed by atoms with Crippen LogP contribution in [0.2, 0.25) is 0 Å². The quantitative estimate of drug-likeness (QED) is 0.390. The predicted molar refractivity (Wildman–Crippen MR) is 110 cm³/mol. The van der Waals surface area contributed by atoms with E-state index in [0.29, 0.717) is 30.3 Å². The Morgan fingerprint density at radius 1 is 1.19 bits per heavy atom. The number of nitrogens with zero attached hydrogens (tertiary/aromatic N) is 1. The largest absolute Gasteiger partial charge is 0.357 e. The van der Waals surface area contributed by atoms with Crippen molar-refractivity contribution in [1.29, 1.82) is 0 Å². The molecule has 0 radical (unpaired) electrons. The van der Waals surface area contributed by atoms with E-state index in [9.17, 15) is 8.42 Å². The number of hydrogen-bond acceptors (Lipinski definition) is 4. The molecule has 2 aromatic rings. The zero-order valence-corrected chi connectivity index (χ0v) is 16.9. The molecule has 0 fully saturated rings. The molecule has 1 heterocycles. The summed E-state index contributed by atoms with van der Waals surface area (Å²) in [6.07, 6.45) is 0.529. The number of sulfone groups is 1. The van der Waals surface area contributed by atoms with Gasteiger partial charge in [0.25, 0.3) is 0 Å². The van der Waals surface area contributed by atoms with Crippen molar-refractivity contribution in [2.75, 3.05) is 25.4 Å². The smallest absolute Gasteiger partial charge is 0.191 e. The maximum atomic E-state index is 12.3. The summed E-state index contributed by atoms with van der Waals surface area (Å²) >= 11 is 1.69. The van der Waals surface area contributed by atoms with Crippen LogP contribution in [0.25, 0.3) is 0 Å². The van der Waals surface area contributed by atoms with Crippen LogP contribution in [0.3, 0.4) is 0 Å². The Labute approximate surface area is 160 Å². The molecule has 0 aliphatic carbocycles. The summed E-state index contributed by atoms with van der Waals surface area (Å²) in [5, 5.41) is 10.7. The first kappa shape index (κ1) is 20.5. The van der Waals surface area contributed by atoms with Crippen LogP contribution in [-0.2, 0) is 9.84 Å². The fourth-order valence-electron chi connectivity index (χ4n) is 2.45. The van der Waals surface area contributed by atoms with Crippen molar-refractivity contribution in [3.05, 3.63) is 52.7 Å². The highest BCUT2D eigenvalue weighted by Crippen LogP contribution is 2.18. The van der Waals surface area contributed by atoms with Gasteiger partial charge in [0, 0.05) is 25.6 Å². The van der Waals surface area contributed by atoms with Crippen LogP contribution < -0.4 is 10.6 Å². The highest BCUT2D eigenvalue weighted by atomic mass is 32.2. The highest BCUT2D eigenvalue weighted by Gasteiger charge is 2.13. The second-order valence-corrected chi connectivity index (χ2v) is 8.98. The first-order chi connectivity index (χ1) is 12.5. The molecule has 7 heteroatoms. The summed E-state index contributed by atoms with van der Waals surface area (Å²) in [6, 6.07) is 10.7. The minimum Gasteiger partial charge on any atom is -0.357 e. The van der Waals surface area contributed by atoms with Gasteiger partial charge < -0.3 is 10.6 Å². The van der Waals surface area contributed by atoms with Gasteiger partial charge in [0.05, 0.1) is 10.6 Å². The van der Waals surface area contributed by atoms with Gasteiger partial charge in [-0.25, -0.2) is 8.42 Å². The average Bonchev–Trinajstić information content (AvgIpc) is 3.18. The Morgan fingerprint density at radius 2 is 1.96 bits per heavy atom. The summed E-state index contributed by atoms with van der Waals surface area (Å²) in [5.74, 6) is 1.20. The molecule has 0 spiro atoms. The van der Waals surface area contributed by atoms with Gasteiger partial charge in [0.1, 0.15) is 0 Å². The summed E-state index contributed by atoms with van der Waals surface area (Å²) < 4.78 is 24.6. The van der Waals surface area contributed by atoms with Crippen molar-refractivity contribution >= 4 is 27.1 Å². The van der Waals surface area contributed by atoms with E-state index in [4.69, 9.17) is 0 Å². The Hall–Kier alpha value is -1.86. The molecule has 26 heavy (non-hydrogen) atoms. The monoisotopic (exact) mass is 393 g/mol. The van der Waals surface area contributed by atoms with Crippen molar-refractivity contribution in [3.63, 3.8) is 0 Å². The third-order valence-electron chi connectivity index (χ3n) is 3.96. The summed E-state index contributed by atoms with van der Waals surface area (Å²) in [7, 11) is -3.22. The first-order valence-electron chi connectivity index (χ1n) is 8.85. The molecule has 0 bridgehead atoms. The number of guanidine groups is 1. The molecule has 2 rings (SSSR count). The molecule has 1 atom stereocenters. The number of aliphatic imine (C=N–C) groups is 1. The molecule has 0 saturated carbocycles. The molecule has 0 aliphatic rings. The summed E-state index contributed by atoms with van der Waals surface area (Å²) in [5.41, 5.74) is 1.29.